The van der Waals surface area contributed by atoms with Gasteiger partial charge in [0, 0.05) is 31.4 Å². The lowest BCUT2D eigenvalue weighted by Gasteiger charge is -2.06. The first kappa shape index (κ1) is 14.0. The number of halogens is 1. The zero-order chi connectivity index (χ0) is 14.0. The Kier molecular flexibility index (Phi) is 4.23. The van der Waals surface area contributed by atoms with Crippen LogP contribution in [0.15, 0.2) is 12.4 Å². The van der Waals surface area contributed by atoms with Crippen LogP contribution in [-0.4, -0.2) is 25.5 Å². The van der Waals surface area contributed by atoms with Gasteiger partial charge in [0.2, 0.25) is 0 Å². The van der Waals surface area contributed by atoms with Crippen LogP contribution in [0.25, 0.3) is 0 Å². The second-order valence-electron chi connectivity index (χ2n) is 4.22. The lowest BCUT2D eigenvalue weighted by Crippen LogP contribution is -2.26. The van der Waals surface area contributed by atoms with Crippen LogP contribution in [0.1, 0.15) is 28.7 Å². The predicted molar refractivity (Wildman–Crippen MR) is 79.7 cm³/mol. The van der Waals surface area contributed by atoms with Crippen LogP contribution < -0.4 is 5.32 Å². The van der Waals surface area contributed by atoms with Crippen molar-refractivity contribution in [3.63, 3.8) is 0 Å². The minimum absolute atomic E-state index is 0.118. The highest BCUT2D eigenvalue weighted by Crippen LogP contribution is 2.11. The minimum atomic E-state index is -0.118. The monoisotopic (exact) mass is 373 g/mol. The van der Waals surface area contributed by atoms with Gasteiger partial charge in [-0.25, -0.2) is 0 Å². The van der Waals surface area contributed by atoms with Crippen molar-refractivity contribution in [2.75, 3.05) is 0 Å². The predicted octanol–water partition coefficient (Wildman–Crippen LogP) is 1.48. The number of aryl methyl sites for hydroxylation is 2. The number of carbonyl (C=O) groups is 1. The molecule has 0 unspecified atom stereocenters. The number of aromatic nitrogens is 4. The molecule has 2 aromatic heterocycles. The van der Waals surface area contributed by atoms with Crippen LogP contribution in [0.5, 0.6) is 0 Å². The van der Waals surface area contributed by atoms with Gasteiger partial charge in [-0.05, 0) is 36.4 Å². The van der Waals surface area contributed by atoms with E-state index in [2.05, 4.69) is 38.1 Å². The topological polar surface area (TPSA) is 64.7 Å². The maximum absolute atomic E-state index is 12.1. The van der Waals surface area contributed by atoms with E-state index in [1.165, 1.54) is 0 Å². The Morgan fingerprint density at radius 3 is 2.68 bits per heavy atom. The van der Waals surface area contributed by atoms with E-state index in [1.807, 2.05) is 18.5 Å². The molecule has 0 aliphatic carbocycles. The molecule has 2 aromatic rings. The summed E-state index contributed by atoms with van der Waals surface area (Å²) in [5.41, 5.74) is 2.70. The van der Waals surface area contributed by atoms with Crippen molar-refractivity contribution in [2.24, 2.45) is 7.05 Å². The molecule has 0 aliphatic rings. The number of rotatable bonds is 4. The first-order chi connectivity index (χ1) is 9.04. The molecule has 7 heteroatoms. The summed E-state index contributed by atoms with van der Waals surface area (Å²) in [6.07, 6.45) is 3.48. The number of hydrogen-bond donors (Lipinski definition) is 1. The fraction of sp³-hybridized carbons (Fsp3) is 0.417. The molecular formula is C12H16IN5O. The van der Waals surface area contributed by atoms with Gasteiger partial charge in [0.05, 0.1) is 16.0 Å². The van der Waals surface area contributed by atoms with Crippen molar-refractivity contribution in [3.05, 3.63) is 32.9 Å². The molecule has 0 saturated carbocycles. The molecule has 0 saturated heterocycles. The molecule has 0 spiro atoms. The summed E-state index contributed by atoms with van der Waals surface area (Å²) in [7, 11) is 1.76. The molecule has 102 valence electrons. The smallest absolute Gasteiger partial charge is 0.270 e. The van der Waals surface area contributed by atoms with Gasteiger partial charge in [-0.1, -0.05) is 0 Å². The molecule has 1 N–H and O–H groups in total. The van der Waals surface area contributed by atoms with Crippen molar-refractivity contribution in [2.45, 2.75) is 26.9 Å². The fourth-order valence-electron chi connectivity index (χ4n) is 1.90. The van der Waals surface area contributed by atoms with Crippen LogP contribution >= 0.6 is 22.6 Å². The van der Waals surface area contributed by atoms with Crippen LogP contribution in [0.3, 0.4) is 0 Å². The number of nitrogens with zero attached hydrogens (tertiary/aromatic N) is 4. The third kappa shape index (κ3) is 2.80. The summed E-state index contributed by atoms with van der Waals surface area (Å²) in [6, 6.07) is 0. The molecule has 2 heterocycles. The number of amides is 1. The van der Waals surface area contributed by atoms with Gasteiger partial charge < -0.3 is 5.32 Å². The Hall–Kier alpha value is -1.38. The molecule has 0 aromatic carbocycles. The van der Waals surface area contributed by atoms with E-state index >= 15 is 0 Å². The summed E-state index contributed by atoms with van der Waals surface area (Å²) in [6.45, 7) is 5.36. The van der Waals surface area contributed by atoms with Crippen LogP contribution in [0.4, 0.5) is 0 Å². The maximum Gasteiger partial charge on any atom is 0.270 e. The van der Waals surface area contributed by atoms with Gasteiger partial charge in [0.1, 0.15) is 5.69 Å². The molecule has 0 aliphatic heterocycles. The zero-order valence-electron chi connectivity index (χ0n) is 11.1. The summed E-state index contributed by atoms with van der Waals surface area (Å²) < 4.78 is 4.34. The normalized spacial score (nSPS) is 10.7. The third-order valence-electron chi connectivity index (χ3n) is 3.05. The van der Waals surface area contributed by atoms with Gasteiger partial charge in [0.25, 0.3) is 5.91 Å². The first-order valence-electron chi connectivity index (χ1n) is 6.01. The molecule has 0 atom stereocenters. The molecule has 19 heavy (non-hydrogen) atoms. The first-order valence-corrected chi connectivity index (χ1v) is 7.09. The Balaban J connectivity index is 2.07. The van der Waals surface area contributed by atoms with Crippen LogP contribution in [0.2, 0.25) is 0 Å². The van der Waals surface area contributed by atoms with Gasteiger partial charge in [0.15, 0.2) is 0 Å². The number of nitrogens with one attached hydrogen (secondary N) is 1. The van der Waals surface area contributed by atoms with E-state index in [0.717, 1.165) is 21.4 Å². The molecule has 6 nitrogen and oxygen atoms in total. The lowest BCUT2D eigenvalue weighted by molar-refractivity contribution is 0.0940. The van der Waals surface area contributed by atoms with Crippen molar-refractivity contribution < 1.29 is 4.79 Å². The molecule has 1 amide bonds. The summed E-state index contributed by atoms with van der Waals surface area (Å²) in [4.78, 5) is 12.1. The van der Waals surface area contributed by atoms with E-state index in [1.54, 1.807) is 24.1 Å². The van der Waals surface area contributed by atoms with E-state index in [-0.39, 0.29) is 5.91 Å². The Morgan fingerprint density at radius 1 is 1.42 bits per heavy atom. The molecular weight excluding hydrogens is 357 g/mol. The largest absolute Gasteiger partial charge is 0.346 e. The van der Waals surface area contributed by atoms with Crippen molar-refractivity contribution in [3.8, 4) is 0 Å². The molecule has 2 rings (SSSR count). The highest BCUT2D eigenvalue weighted by molar-refractivity contribution is 14.1. The Morgan fingerprint density at radius 2 is 2.16 bits per heavy atom. The number of carbonyl (C=O) groups excluding carboxylic acids is 1. The van der Waals surface area contributed by atoms with Crippen LogP contribution in [0, 0.1) is 10.5 Å². The van der Waals surface area contributed by atoms with Gasteiger partial charge in [-0.15, -0.1) is 0 Å². The summed E-state index contributed by atoms with van der Waals surface area (Å²) in [5.74, 6) is -0.118. The van der Waals surface area contributed by atoms with Gasteiger partial charge in [-0.3, -0.25) is 14.2 Å². The Labute approximate surface area is 125 Å². The molecule has 0 radical (unpaired) electrons. The maximum atomic E-state index is 12.1. The standard InChI is InChI=1S/C12H16IN5O/c1-4-18-8(2)9(6-16-18)5-14-12(19)11-10(13)7-15-17(11)3/h6-7H,4-5H2,1-3H3,(H,14,19). The lowest BCUT2D eigenvalue weighted by atomic mass is 10.2. The van der Waals surface area contributed by atoms with Crippen molar-refractivity contribution in [1.82, 2.24) is 24.9 Å². The van der Waals surface area contributed by atoms with E-state index in [9.17, 15) is 4.79 Å². The van der Waals surface area contributed by atoms with E-state index in [0.29, 0.717) is 12.2 Å². The van der Waals surface area contributed by atoms with E-state index in [4.69, 9.17) is 0 Å². The second kappa shape index (κ2) is 5.72. The summed E-state index contributed by atoms with van der Waals surface area (Å²) in [5, 5.41) is 11.2. The minimum Gasteiger partial charge on any atom is -0.346 e. The van der Waals surface area contributed by atoms with Gasteiger partial charge in [-0.2, -0.15) is 10.2 Å². The summed E-state index contributed by atoms with van der Waals surface area (Å²) >= 11 is 2.11. The van der Waals surface area contributed by atoms with E-state index < -0.39 is 0 Å². The number of hydrogen-bond acceptors (Lipinski definition) is 3. The van der Waals surface area contributed by atoms with Crippen molar-refractivity contribution >= 4 is 28.5 Å². The quantitative estimate of drug-likeness (QED) is 0.826. The third-order valence-corrected chi connectivity index (χ3v) is 3.84. The Bertz CT molecular complexity index is 582. The SMILES string of the molecule is CCn1ncc(CNC(=O)c2c(I)cnn2C)c1C. The zero-order valence-corrected chi connectivity index (χ0v) is 13.3. The van der Waals surface area contributed by atoms with Gasteiger partial charge >= 0.3 is 0 Å². The highest BCUT2D eigenvalue weighted by Gasteiger charge is 2.15. The molecule has 0 bridgehead atoms. The highest BCUT2D eigenvalue weighted by atomic mass is 127. The second-order valence-corrected chi connectivity index (χ2v) is 5.38. The molecule has 0 fully saturated rings. The van der Waals surface area contributed by atoms with Crippen molar-refractivity contribution in [1.29, 1.82) is 0 Å². The van der Waals surface area contributed by atoms with Crippen LogP contribution in [-0.2, 0) is 20.1 Å². The average Bonchev–Trinajstić information content (AvgIpc) is 2.90. The fourth-order valence-corrected chi connectivity index (χ4v) is 2.62. The average molecular weight is 373 g/mol.